The molecule has 0 aliphatic heterocycles. The normalized spacial score (nSPS) is 10.6. The van der Waals surface area contributed by atoms with Gasteiger partial charge in [-0.2, -0.15) is 0 Å². The summed E-state index contributed by atoms with van der Waals surface area (Å²) in [6.07, 6.45) is 0. The summed E-state index contributed by atoms with van der Waals surface area (Å²) in [7, 11) is 0. The van der Waals surface area contributed by atoms with Crippen molar-refractivity contribution in [3.8, 4) is 0 Å². The first kappa shape index (κ1) is 17.1. The Kier molecular flexibility index (Phi) is 10.1. The van der Waals surface area contributed by atoms with Gasteiger partial charge in [-0.05, 0) is 13.8 Å². The molecule has 1 aromatic rings. The van der Waals surface area contributed by atoms with E-state index in [1.807, 2.05) is 32.0 Å². The molecule has 0 saturated carbocycles. The van der Waals surface area contributed by atoms with Crippen molar-refractivity contribution in [2.24, 2.45) is 0 Å². The maximum Gasteiger partial charge on any atom is 0.0997 e. The van der Waals surface area contributed by atoms with Crippen LogP contribution >= 0.6 is 5.69 Å². The highest BCUT2D eigenvalue weighted by molar-refractivity contribution is 8.51. The van der Waals surface area contributed by atoms with Gasteiger partial charge < -0.3 is 27.0 Å². The second kappa shape index (κ2) is 10.1. The van der Waals surface area contributed by atoms with Crippen molar-refractivity contribution in [1.29, 1.82) is 0 Å². The zero-order valence-corrected chi connectivity index (χ0v) is 12.8. The van der Waals surface area contributed by atoms with Gasteiger partial charge in [-0.15, -0.1) is 0 Å². The van der Waals surface area contributed by atoms with Gasteiger partial charge in [-0.25, -0.2) is 0 Å². The standard InChI is InChI=1S/C7H9N.C4H11O2PS2/c8-6-7-4-2-1-3-5-7;1-3-5-7(8,9)6-4-2/h1-5H,6,8H2;3-4H2,1-2H3,(H,8,9). The van der Waals surface area contributed by atoms with Crippen LogP contribution in [0, 0.1) is 0 Å². The Labute approximate surface area is 114 Å². The lowest BCUT2D eigenvalue weighted by Crippen LogP contribution is -2.47. The molecule has 0 fully saturated rings. The van der Waals surface area contributed by atoms with Gasteiger partial charge in [0, 0.05) is 18.8 Å². The molecule has 0 radical (unpaired) electrons. The first-order chi connectivity index (χ1) is 8.05. The summed E-state index contributed by atoms with van der Waals surface area (Å²) in [5.41, 5.74) is 2.78. The first-order valence-corrected chi connectivity index (χ1v) is 9.14. The minimum Gasteiger partial charge on any atom is -0.691 e. The highest BCUT2D eigenvalue weighted by Gasteiger charge is 1.95. The molecule has 0 aliphatic rings. The molecule has 0 unspecified atom stereocenters. The number of hydrogen-bond acceptors (Lipinski definition) is 4. The lowest BCUT2D eigenvalue weighted by atomic mass is 10.2. The van der Waals surface area contributed by atoms with Crippen molar-refractivity contribution in [3.05, 3.63) is 35.9 Å². The van der Waals surface area contributed by atoms with Crippen LogP contribution in [0.15, 0.2) is 30.3 Å². The minimum absolute atomic E-state index is 0.542. The van der Waals surface area contributed by atoms with Gasteiger partial charge in [0.25, 0.3) is 0 Å². The quantitative estimate of drug-likeness (QED) is 0.668. The minimum atomic E-state index is -2.28. The summed E-state index contributed by atoms with van der Waals surface area (Å²) in [5, 5.41) is 0. The summed E-state index contributed by atoms with van der Waals surface area (Å²) in [4.78, 5) is 0. The Morgan fingerprint density at radius 3 is 1.94 bits per heavy atom. The fourth-order valence-electron chi connectivity index (χ4n) is 0.998. The molecule has 0 spiro atoms. The van der Waals surface area contributed by atoms with Crippen LogP contribution in [0.1, 0.15) is 19.4 Å². The van der Waals surface area contributed by atoms with E-state index >= 15 is 0 Å². The molecular weight excluding hydrogens is 273 g/mol. The molecule has 98 valence electrons. The van der Waals surface area contributed by atoms with Gasteiger partial charge in [0.05, 0.1) is 12.2 Å². The van der Waals surface area contributed by atoms with E-state index in [2.05, 4.69) is 17.9 Å². The second-order valence-corrected chi connectivity index (χ2v) is 8.01. The van der Waals surface area contributed by atoms with E-state index in [4.69, 9.17) is 33.1 Å². The Bertz CT molecular complexity index is 326. The molecule has 6 heteroatoms. The zero-order valence-electron chi connectivity index (χ0n) is 10.3. The largest absolute Gasteiger partial charge is 0.691 e. The fourth-order valence-corrected chi connectivity index (χ4v) is 2.97. The second-order valence-electron chi connectivity index (χ2n) is 3.02. The highest BCUT2D eigenvalue weighted by Crippen LogP contribution is 2.45. The molecule has 0 atom stereocenters. The lowest BCUT2D eigenvalue weighted by molar-refractivity contribution is -0.386. The third-order valence-corrected chi connectivity index (χ3v) is 4.12. The molecule has 0 aromatic heterocycles. The third-order valence-electron chi connectivity index (χ3n) is 1.71. The maximum atomic E-state index is 4.99. The maximum absolute atomic E-state index is 4.99. The summed E-state index contributed by atoms with van der Waals surface area (Å²) < 4.78 is 9.98. The Morgan fingerprint density at radius 1 is 1.18 bits per heavy atom. The number of hydrogen-bond donors (Lipinski definition) is 1. The average Bonchev–Trinajstić information content (AvgIpc) is 2.31. The Morgan fingerprint density at radius 2 is 1.65 bits per heavy atom. The van der Waals surface area contributed by atoms with E-state index in [0.717, 1.165) is 6.54 Å². The van der Waals surface area contributed by atoms with Crippen LogP contribution in [0.3, 0.4) is 0 Å². The molecule has 17 heavy (non-hydrogen) atoms. The van der Waals surface area contributed by atoms with Gasteiger partial charge in [0.2, 0.25) is 0 Å². The smallest absolute Gasteiger partial charge is 0.0997 e. The Hall–Kier alpha value is 0.1000. The van der Waals surface area contributed by atoms with Crippen LogP contribution < -0.4 is 5.73 Å². The van der Waals surface area contributed by atoms with E-state index < -0.39 is 5.69 Å². The van der Waals surface area contributed by atoms with Crippen LogP contribution in [-0.2, 0) is 39.6 Å². The summed E-state index contributed by atoms with van der Waals surface area (Å²) >= 11 is 9.65. The van der Waals surface area contributed by atoms with Crippen molar-refractivity contribution < 1.29 is 14.8 Å². The van der Waals surface area contributed by atoms with Gasteiger partial charge in [0.1, 0.15) is 0 Å². The van der Waals surface area contributed by atoms with Gasteiger partial charge >= 0.3 is 0 Å². The summed E-state index contributed by atoms with van der Waals surface area (Å²) in [6, 6.07) is 10.2. The van der Waals surface area contributed by atoms with E-state index in [-0.39, 0.29) is 0 Å². The van der Waals surface area contributed by atoms with E-state index in [9.17, 15) is 0 Å². The van der Waals surface area contributed by atoms with Crippen molar-refractivity contribution in [2.45, 2.75) is 20.4 Å². The number of rotatable bonds is 5. The van der Waals surface area contributed by atoms with Crippen LogP contribution in [0.2, 0.25) is 0 Å². The topological polar surface area (TPSA) is 46.1 Å². The fraction of sp³-hybridized carbons (Fsp3) is 0.455. The zero-order chi connectivity index (χ0) is 13.1. The molecule has 3 N–H and O–H groups in total. The molecule has 0 aliphatic carbocycles. The molecular formula is C11H20NO2PS2. The third kappa shape index (κ3) is 9.77. The lowest BCUT2D eigenvalue weighted by Gasteiger charge is -2.26. The molecule has 0 amide bonds. The van der Waals surface area contributed by atoms with Crippen molar-refractivity contribution in [3.63, 3.8) is 0 Å². The molecule has 0 saturated heterocycles. The highest BCUT2D eigenvalue weighted by atomic mass is 32.9. The van der Waals surface area contributed by atoms with E-state index in [0.29, 0.717) is 13.2 Å². The average molecular weight is 293 g/mol. The molecule has 0 heterocycles. The first-order valence-electron chi connectivity index (χ1n) is 5.49. The van der Waals surface area contributed by atoms with Crippen LogP contribution in [0.4, 0.5) is 0 Å². The van der Waals surface area contributed by atoms with Crippen molar-refractivity contribution >= 4 is 29.7 Å². The van der Waals surface area contributed by atoms with Gasteiger partial charge in [0.15, 0.2) is 0 Å². The Balaban J connectivity index is 0.000000302. The molecule has 0 bridgehead atoms. The van der Waals surface area contributed by atoms with E-state index in [1.54, 1.807) is 0 Å². The predicted molar refractivity (Wildman–Crippen MR) is 77.9 cm³/mol. The number of benzene rings is 1. The SMILES string of the molecule is CCOP(=S)([S-])OCC.[NH3+]Cc1ccccc1. The van der Waals surface area contributed by atoms with Crippen molar-refractivity contribution in [2.75, 3.05) is 13.2 Å². The van der Waals surface area contributed by atoms with Crippen LogP contribution in [-0.4, -0.2) is 13.2 Å². The molecule has 3 nitrogen and oxygen atoms in total. The number of quaternary nitrogens is 1. The van der Waals surface area contributed by atoms with E-state index in [1.165, 1.54) is 5.56 Å². The monoisotopic (exact) mass is 293 g/mol. The molecule has 1 rings (SSSR count). The van der Waals surface area contributed by atoms with Crippen LogP contribution in [0.25, 0.3) is 0 Å². The molecule has 1 aromatic carbocycles. The van der Waals surface area contributed by atoms with Gasteiger partial charge in [-0.1, -0.05) is 42.1 Å². The van der Waals surface area contributed by atoms with Crippen LogP contribution in [0.5, 0.6) is 0 Å². The summed E-state index contributed by atoms with van der Waals surface area (Å²) in [5.74, 6) is 0. The van der Waals surface area contributed by atoms with Gasteiger partial charge in [-0.3, -0.25) is 0 Å². The van der Waals surface area contributed by atoms with Crippen molar-refractivity contribution in [1.82, 2.24) is 0 Å². The predicted octanol–water partition coefficient (Wildman–Crippen LogP) is 2.26. The summed E-state index contributed by atoms with van der Waals surface area (Å²) in [6.45, 7) is 5.68.